The number of aromatic nitrogens is 1. The molecule has 22 heavy (non-hydrogen) atoms. The molecule has 0 spiro atoms. The number of amides is 2. The highest BCUT2D eigenvalue weighted by molar-refractivity contribution is 5.90. The Morgan fingerprint density at radius 3 is 2.77 bits per heavy atom. The van der Waals surface area contributed by atoms with Crippen LogP contribution in [0.25, 0.3) is 10.9 Å². The van der Waals surface area contributed by atoms with Crippen LogP contribution in [0.5, 0.6) is 0 Å². The molecule has 1 aliphatic rings. The Kier molecular flexibility index (Phi) is 4.39. The second kappa shape index (κ2) is 6.62. The molecule has 1 fully saturated rings. The number of carbonyl (C=O) groups is 2. The molecular weight excluding hydrogens is 280 g/mol. The van der Waals surface area contributed by atoms with Crippen LogP contribution in [0.3, 0.4) is 0 Å². The van der Waals surface area contributed by atoms with Crippen LogP contribution < -0.4 is 10.6 Å². The van der Waals surface area contributed by atoms with Crippen LogP contribution in [0.2, 0.25) is 0 Å². The Balaban J connectivity index is 1.53. The normalized spacial score (nSPS) is 15.0. The molecule has 1 aromatic heterocycles. The van der Waals surface area contributed by atoms with Crippen molar-refractivity contribution in [3.05, 3.63) is 36.0 Å². The third-order valence-electron chi connectivity index (χ3n) is 3.93. The number of rotatable bonds is 4. The van der Waals surface area contributed by atoms with Gasteiger partial charge in [0.25, 0.3) is 0 Å². The molecule has 0 bridgehead atoms. The summed E-state index contributed by atoms with van der Waals surface area (Å²) >= 11 is 0. The molecule has 1 saturated heterocycles. The van der Waals surface area contributed by atoms with Gasteiger partial charge in [0.15, 0.2) is 0 Å². The molecule has 1 aromatic carbocycles. The first-order valence-corrected chi connectivity index (χ1v) is 7.54. The summed E-state index contributed by atoms with van der Waals surface area (Å²) in [5, 5.41) is 6.96. The summed E-state index contributed by atoms with van der Waals surface area (Å²) in [6, 6.07) is 7.87. The molecule has 0 saturated carbocycles. The van der Waals surface area contributed by atoms with Crippen LogP contribution in [0.1, 0.15) is 5.56 Å². The van der Waals surface area contributed by atoms with Crippen LogP contribution in [0.15, 0.2) is 30.5 Å². The Morgan fingerprint density at radius 1 is 1.18 bits per heavy atom. The van der Waals surface area contributed by atoms with E-state index in [-0.39, 0.29) is 24.8 Å². The van der Waals surface area contributed by atoms with E-state index in [0.29, 0.717) is 13.1 Å². The van der Waals surface area contributed by atoms with Crippen LogP contribution in [0, 0.1) is 0 Å². The first-order chi connectivity index (χ1) is 10.7. The number of fused-ring (bicyclic) bond motifs is 1. The van der Waals surface area contributed by atoms with E-state index in [1.165, 1.54) is 0 Å². The van der Waals surface area contributed by atoms with E-state index >= 15 is 0 Å². The Labute approximate surface area is 128 Å². The zero-order valence-electron chi connectivity index (χ0n) is 12.4. The lowest BCUT2D eigenvalue weighted by Gasteiger charge is -2.27. The van der Waals surface area contributed by atoms with Crippen molar-refractivity contribution >= 4 is 22.7 Å². The number of hydrogen-bond acceptors (Lipinski definition) is 3. The molecule has 0 atom stereocenters. The first-order valence-electron chi connectivity index (χ1n) is 7.54. The minimum absolute atomic E-state index is 0.0197. The summed E-state index contributed by atoms with van der Waals surface area (Å²) in [6.07, 6.45) is 2.13. The topological polar surface area (TPSA) is 77.2 Å². The van der Waals surface area contributed by atoms with Gasteiger partial charge in [0.1, 0.15) is 0 Å². The number of nitrogens with one attached hydrogen (secondary N) is 3. The van der Waals surface area contributed by atoms with Crippen molar-refractivity contribution in [1.82, 2.24) is 20.5 Å². The maximum Gasteiger partial charge on any atom is 0.242 e. The van der Waals surface area contributed by atoms with E-state index in [4.69, 9.17) is 0 Å². The van der Waals surface area contributed by atoms with Crippen LogP contribution >= 0.6 is 0 Å². The summed E-state index contributed by atoms with van der Waals surface area (Å²) in [6.45, 7) is 3.11. The van der Waals surface area contributed by atoms with Crippen molar-refractivity contribution < 1.29 is 9.59 Å². The van der Waals surface area contributed by atoms with Crippen LogP contribution in [-0.2, 0) is 16.0 Å². The third-order valence-corrected chi connectivity index (χ3v) is 3.93. The van der Waals surface area contributed by atoms with Crippen molar-refractivity contribution in [3.8, 4) is 0 Å². The van der Waals surface area contributed by atoms with Gasteiger partial charge in [-0.25, -0.2) is 0 Å². The molecular formula is C16H20N4O2. The molecule has 3 N–H and O–H groups in total. The molecule has 6 heteroatoms. The molecule has 3 rings (SSSR count). The van der Waals surface area contributed by atoms with Crippen molar-refractivity contribution in [2.24, 2.45) is 0 Å². The molecule has 1 aliphatic heterocycles. The van der Waals surface area contributed by atoms with E-state index in [1.54, 1.807) is 4.90 Å². The molecule has 116 valence electrons. The van der Waals surface area contributed by atoms with Gasteiger partial charge in [-0.15, -0.1) is 0 Å². The maximum atomic E-state index is 12.0. The standard InChI is InChI=1S/C16H20N4O2/c21-15(19-11-16(22)20-7-5-17-6-8-20)9-12-10-18-14-4-2-1-3-13(12)14/h1-4,10,17-18H,5-9,11H2,(H,19,21). The molecule has 2 amide bonds. The lowest BCUT2D eigenvalue weighted by atomic mass is 10.1. The number of benzene rings is 1. The number of aromatic amines is 1. The minimum atomic E-state index is -0.131. The fraction of sp³-hybridized carbons (Fsp3) is 0.375. The third kappa shape index (κ3) is 3.28. The van der Waals surface area contributed by atoms with Crippen LogP contribution in [-0.4, -0.2) is 54.4 Å². The predicted molar refractivity (Wildman–Crippen MR) is 84.5 cm³/mol. The van der Waals surface area contributed by atoms with Crippen molar-refractivity contribution in [3.63, 3.8) is 0 Å². The van der Waals surface area contributed by atoms with Crippen LogP contribution in [0.4, 0.5) is 0 Å². The monoisotopic (exact) mass is 300 g/mol. The van der Waals surface area contributed by atoms with E-state index in [1.807, 2.05) is 30.5 Å². The number of para-hydroxylation sites is 1. The number of hydrogen-bond donors (Lipinski definition) is 3. The Hall–Kier alpha value is -2.34. The summed E-state index contributed by atoms with van der Waals surface area (Å²) < 4.78 is 0. The highest BCUT2D eigenvalue weighted by atomic mass is 16.2. The Morgan fingerprint density at radius 2 is 1.95 bits per heavy atom. The fourth-order valence-corrected chi connectivity index (χ4v) is 2.71. The molecule has 2 heterocycles. The maximum absolute atomic E-state index is 12.0. The van der Waals surface area contributed by atoms with Gasteiger partial charge in [0.2, 0.25) is 11.8 Å². The number of carbonyl (C=O) groups excluding carboxylic acids is 2. The van der Waals surface area contributed by atoms with E-state index in [2.05, 4.69) is 15.6 Å². The zero-order valence-corrected chi connectivity index (χ0v) is 12.4. The molecule has 0 radical (unpaired) electrons. The summed E-state index contributed by atoms with van der Waals surface area (Å²) in [7, 11) is 0. The molecule has 0 aliphatic carbocycles. The average Bonchev–Trinajstić information content (AvgIpc) is 2.97. The van der Waals surface area contributed by atoms with E-state index < -0.39 is 0 Å². The van der Waals surface area contributed by atoms with Crippen molar-refractivity contribution in [2.75, 3.05) is 32.7 Å². The van der Waals surface area contributed by atoms with Gasteiger partial charge >= 0.3 is 0 Å². The smallest absolute Gasteiger partial charge is 0.242 e. The summed E-state index contributed by atoms with van der Waals surface area (Å²) in [5.74, 6) is -0.151. The lowest BCUT2D eigenvalue weighted by Crippen LogP contribution is -2.49. The van der Waals surface area contributed by atoms with Gasteiger partial charge in [-0.3, -0.25) is 9.59 Å². The quantitative estimate of drug-likeness (QED) is 0.758. The fourth-order valence-electron chi connectivity index (χ4n) is 2.71. The van der Waals surface area contributed by atoms with Crippen molar-refractivity contribution in [1.29, 1.82) is 0 Å². The predicted octanol–water partition coefficient (Wildman–Crippen LogP) is 0.258. The number of piperazine rings is 1. The molecule has 0 unspecified atom stereocenters. The van der Waals surface area contributed by atoms with Gasteiger partial charge in [0.05, 0.1) is 13.0 Å². The van der Waals surface area contributed by atoms with Gasteiger partial charge in [-0.2, -0.15) is 0 Å². The van der Waals surface area contributed by atoms with E-state index in [0.717, 1.165) is 29.6 Å². The average molecular weight is 300 g/mol. The first kappa shape index (κ1) is 14.6. The zero-order chi connectivity index (χ0) is 15.4. The summed E-state index contributed by atoms with van der Waals surface area (Å²) in [4.78, 5) is 29.0. The largest absolute Gasteiger partial charge is 0.361 e. The minimum Gasteiger partial charge on any atom is -0.361 e. The SMILES string of the molecule is O=C(Cc1c[nH]c2ccccc12)NCC(=O)N1CCNCC1. The number of nitrogens with zero attached hydrogens (tertiary/aromatic N) is 1. The number of H-pyrrole nitrogens is 1. The van der Waals surface area contributed by atoms with Gasteiger partial charge in [-0.1, -0.05) is 18.2 Å². The second-order valence-electron chi connectivity index (χ2n) is 5.44. The van der Waals surface area contributed by atoms with Gasteiger partial charge in [0, 0.05) is 43.3 Å². The van der Waals surface area contributed by atoms with Gasteiger partial charge in [-0.05, 0) is 11.6 Å². The van der Waals surface area contributed by atoms with Crippen molar-refractivity contribution in [2.45, 2.75) is 6.42 Å². The molecule has 2 aromatic rings. The highest BCUT2D eigenvalue weighted by Crippen LogP contribution is 2.17. The summed E-state index contributed by atoms with van der Waals surface area (Å²) in [5.41, 5.74) is 1.96. The van der Waals surface area contributed by atoms with Gasteiger partial charge < -0.3 is 20.5 Å². The highest BCUT2D eigenvalue weighted by Gasteiger charge is 2.17. The second-order valence-corrected chi connectivity index (χ2v) is 5.44. The lowest BCUT2D eigenvalue weighted by molar-refractivity contribution is -0.133. The van der Waals surface area contributed by atoms with E-state index in [9.17, 15) is 9.59 Å². The molecule has 6 nitrogen and oxygen atoms in total. The Bertz CT molecular complexity index is 674.